The summed E-state index contributed by atoms with van der Waals surface area (Å²) in [4.78, 5) is 3.27. The van der Waals surface area contributed by atoms with E-state index in [1.165, 1.54) is 0 Å². The van der Waals surface area contributed by atoms with Gasteiger partial charge in [-0.3, -0.25) is 0 Å². The van der Waals surface area contributed by atoms with E-state index >= 15 is 0 Å². The summed E-state index contributed by atoms with van der Waals surface area (Å²) in [7, 11) is 0. The highest BCUT2D eigenvalue weighted by Crippen LogP contribution is 2.33. The van der Waals surface area contributed by atoms with E-state index in [1.54, 1.807) is 13.8 Å². The molecule has 2 aromatic rings. The number of H-pyrrole nitrogens is 1. The van der Waals surface area contributed by atoms with Gasteiger partial charge in [0.05, 0.1) is 11.3 Å². The molecule has 0 atom stereocenters. The van der Waals surface area contributed by atoms with E-state index in [-0.39, 0.29) is 0 Å². The molecule has 0 spiro atoms. The maximum Gasteiger partial charge on any atom is 0.0993 e. The van der Waals surface area contributed by atoms with Crippen LogP contribution in [-0.4, -0.2) is 10.1 Å². The predicted octanol–water partition coefficient (Wildman–Crippen LogP) is 3.43. The lowest BCUT2D eigenvalue weighted by atomic mass is 9.96. The van der Waals surface area contributed by atoms with Gasteiger partial charge in [-0.1, -0.05) is 24.8 Å². The number of para-hydroxylation sites is 1. The molecule has 84 valence electrons. The number of benzene rings is 1. The van der Waals surface area contributed by atoms with E-state index in [0.29, 0.717) is 0 Å². The minimum absolute atomic E-state index is 0.834. The predicted molar refractivity (Wildman–Crippen MR) is 68.3 cm³/mol. The van der Waals surface area contributed by atoms with Crippen molar-refractivity contribution >= 4 is 16.5 Å². The second kappa shape index (κ2) is 3.49. The molecule has 0 radical (unpaired) electrons. The molecule has 2 N–H and O–H groups in total. The van der Waals surface area contributed by atoms with Crippen molar-refractivity contribution in [2.24, 2.45) is 0 Å². The van der Waals surface area contributed by atoms with Crippen molar-refractivity contribution in [3.8, 4) is 0 Å². The fraction of sp³-hybridized carbons (Fsp3) is 0.286. The number of aliphatic hydroxyl groups is 1. The average molecular weight is 215 g/mol. The highest BCUT2D eigenvalue weighted by Gasteiger charge is 2.24. The van der Waals surface area contributed by atoms with Crippen LogP contribution in [-0.2, 0) is 5.60 Å². The van der Waals surface area contributed by atoms with Gasteiger partial charge in [-0.15, -0.1) is 0 Å². The molecule has 2 nitrogen and oxygen atoms in total. The van der Waals surface area contributed by atoms with Gasteiger partial charge in [-0.25, -0.2) is 0 Å². The van der Waals surface area contributed by atoms with Gasteiger partial charge in [-0.05, 0) is 32.4 Å². The lowest BCUT2D eigenvalue weighted by Crippen LogP contribution is -2.17. The van der Waals surface area contributed by atoms with Crippen molar-refractivity contribution in [2.45, 2.75) is 26.4 Å². The van der Waals surface area contributed by atoms with Crippen LogP contribution in [0.3, 0.4) is 0 Å². The number of nitrogens with one attached hydrogen (secondary N) is 1. The monoisotopic (exact) mass is 215 g/mol. The molecular formula is C14H17NO. The van der Waals surface area contributed by atoms with Crippen molar-refractivity contribution in [1.82, 2.24) is 4.98 Å². The Morgan fingerprint density at radius 1 is 1.31 bits per heavy atom. The maximum absolute atomic E-state index is 10.1. The lowest BCUT2D eigenvalue weighted by molar-refractivity contribution is 0.0744. The number of hydrogen-bond acceptors (Lipinski definition) is 1. The second-order valence-corrected chi connectivity index (χ2v) is 4.76. The first kappa shape index (κ1) is 11.0. The Morgan fingerprint density at radius 3 is 2.50 bits per heavy atom. The number of rotatable bonds is 2. The van der Waals surface area contributed by atoms with Crippen LogP contribution in [0.25, 0.3) is 16.5 Å². The third-order valence-corrected chi connectivity index (χ3v) is 2.74. The summed E-state index contributed by atoms with van der Waals surface area (Å²) in [5.41, 5.74) is 2.99. The summed E-state index contributed by atoms with van der Waals surface area (Å²) < 4.78 is 0. The SMILES string of the molecule is C=C(C)c1c(C(C)(C)O)[nH]c2ccccc12. The summed E-state index contributed by atoms with van der Waals surface area (Å²) in [6.45, 7) is 9.52. The van der Waals surface area contributed by atoms with Crippen molar-refractivity contribution in [3.05, 3.63) is 42.1 Å². The van der Waals surface area contributed by atoms with Crippen LogP contribution in [0.15, 0.2) is 30.8 Å². The average Bonchev–Trinajstić information content (AvgIpc) is 2.55. The molecular weight excluding hydrogens is 198 g/mol. The first-order valence-electron chi connectivity index (χ1n) is 5.40. The standard InChI is InChI=1S/C14H17NO/c1-9(2)12-10-7-5-6-8-11(10)15-13(12)14(3,4)16/h5-8,15-16H,1H2,2-4H3. The molecule has 0 aliphatic carbocycles. The van der Waals surface area contributed by atoms with Crippen LogP contribution in [0.5, 0.6) is 0 Å². The molecule has 0 amide bonds. The third kappa shape index (κ3) is 1.65. The minimum atomic E-state index is -0.882. The zero-order chi connectivity index (χ0) is 11.9. The van der Waals surface area contributed by atoms with E-state index in [1.807, 2.05) is 31.2 Å². The van der Waals surface area contributed by atoms with Crippen LogP contribution in [0, 0.1) is 0 Å². The quantitative estimate of drug-likeness (QED) is 0.791. The summed E-state index contributed by atoms with van der Waals surface area (Å²) in [6, 6.07) is 8.04. The number of aromatic amines is 1. The minimum Gasteiger partial charge on any atom is -0.384 e. The largest absolute Gasteiger partial charge is 0.384 e. The van der Waals surface area contributed by atoms with Gasteiger partial charge in [0.2, 0.25) is 0 Å². The Balaban J connectivity index is 2.84. The van der Waals surface area contributed by atoms with Crippen molar-refractivity contribution < 1.29 is 5.11 Å². The molecule has 1 aromatic heterocycles. The Morgan fingerprint density at radius 2 is 1.94 bits per heavy atom. The maximum atomic E-state index is 10.1. The molecule has 0 fully saturated rings. The van der Waals surface area contributed by atoms with E-state index < -0.39 is 5.60 Å². The van der Waals surface area contributed by atoms with Gasteiger partial charge in [0, 0.05) is 16.5 Å². The zero-order valence-electron chi connectivity index (χ0n) is 9.96. The molecule has 2 heteroatoms. The van der Waals surface area contributed by atoms with Crippen molar-refractivity contribution in [1.29, 1.82) is 0 Å². The van der Waals surface area contributed by atoms with E-state index in [2.05, 4.69) is 11.6 Å². The van der Waals surface area contributed by atoms with E-state index in [0.717, 1.165) is 27.7 Å². The molecule has 0 bridgehead atoms. The molecule has 0 aliphatic rings. The van der Waals surface area contributed by atoms with Gasteiger partial charge < -0.3 is 10.1 Å². The van der Waals surface area contributed by atoms with Crippen LogP contribution in [0.2, 0.25) is 0 Å². The van der Waals surface area contributed by atoms with E-state index in [9.17, 15) is 5.11 Å². The third-order valence-electron chi connectivity index (χ3n) is 2.74. The Labute approximate surface area is 95.6 Å². The first-order valence-corrected chi connectivity index (χ1v) is 5.40. The molecule has 16 heavy (non-hydrogen) atoms. The van der Waals surface area contributed by atoms with Crippen LogP contribution < -0.4 is 0 Å². The Bertz CT molecular complexity index is 543. The summed E-state index contributed by atoms with van der Waals surface area (Å²) in [5.74, 6) is 0. The van der Waals surface area contributed by atoms with Gasteiger partial charge in [0.15, 0.2) is 0 Å². The number of fused-ring (bicyclic) bond motifs is 1. The van der Waals surface area contributed by atoms with Crippen LogP contribution in [0.4, 0.5) is 0 Å². The van der Waals surface area contributed by atoms with Crippen molar-refractivity contribution in [2.75, 3.05) is 0 Å². The fourth-order valence-corrected chi connectivity index (χ4v) is 2.04. The van der Waals surface area contributed by atoms with Gasteiger partial charge >= 0.3 is 0 Å². The van der Waals surface area contributed by atoms with Gasteiger partial charge in [-0.2, -0.15) is 0 Å². The number of aromatic nitrogens is 1. The molecule has 1 heterocycles. The zero-order valence-corrected chi connectivity index (χ0v) is 9.96. The molecule has 0 aliphatic heterocycles. The topological polar surface area (TPSA) is 36.0 Å². The van der Waals surface area contributed by atoms with Gasteiger partial charge in [0.1, 0.15) is 0 Å². The molecule has 0 saturated heterocycles. The van der Waals surface area contributed by atoms with Gasteiger partial charge in [0.25, 0.3) is 0 Å². The van der Waals surface area contributed by atoms with Crippen LogP contribution in [0.1, 0.15) is 32.0 Å². The normalized spacial score (nSPS) is 12.0. The summed E-state index contributed by atoms with van der Waals surface area (Å²) in [5, 5.41) is 11.3. The molecule has 0 saturated carbocycles. The summed E-state index contributed by atoms with van der Waals surface area (Å²) in [6.07, 6.45) is 0. The second-order valence-electron chi connectivity index (χ2n) is 4.76. The molecule has 2 rings (SSSR count). The van der Waals surface area contributed by atoms with E-state index in [4.69, 9.17) is 0 Å². The Kier molecular flexibility index (Phi) is 2.39. The number of hydrogen-bond donors (Lipinski definition) is 2. The number of allylic oxidation sites excluding steroid dienone is 1. The molecule has 1 aromatic carbocycles. The highest BCUT2D eigenvalue weighted by molar-refractivity contribution is 5.93. The Hall–Kier alpha value is -1.54. The highest BCUT2D eigenvalue weighted by atomic mass is 16.3. The van der Waals surface area contributed by atoms with Crippen LogP contribution >= 0.6 is 0 Å². The van der Waals surface area contributed by atoms with Crippen molar-refractivity contribution in [3.63, 3.8) is 0 Å². The fourth-order valence-electron chi connectivity index (χ4n) is 2.04. The smallest absolute Gasteiger partial charge is 0.0993 e. The lowest BCUT2D eigenvalue weighted by Gasteiger charge is -2.18. The molecule has 0 unspecified atom stereocenters. The summed E-state index contributed by atoms with van der Waals surface area (Å²) >= 11 is 0. The first-order chi connectivity index (χ1) is 7.41.